The largest absolute Gasteiger partial charge is 0.399 e. The van der Waals surface area contributed by atoms with Gasteiger partial charge in [-0.25, -0.2) is 21.9 Å². The second-order valence-corrected chi connectivity index (χ2v) is 5.94. The third-order valence-corrected chi connectivity index (χ3v) is 3.94. The van der Waals surface area contributed by atoms with Crippen molar-refractivity contribution in [1.82, 2.24) is 4.72 Å². The lowest BCUT2D eigenvalue weighted by molar-refractivity contribution is 0.561. The highest BCUT2D eigenvalue weighted by molar-refractivity contribution is 7.89. The number of rotatable bonds is 4. The van der Waals surface area contributed by atoms with Crippen LogP contribution in [0, 0.1) is 11.6 Å². The van der Waals surface area contributed by atoms with E-state index >= 15 is 0 Å². The van der Waals surface area contributed by atoms with Crippen molar-refractivity contribution in [2.75, 3.05) is 5.73 Å². The summed E-state index contributed by atoms with van der Waals surface area (Å²) >= 11 is 0. The average molecular weight is 298 g/mol. The van der Waals surface area contributed by atoms with E-state index < -0.39 is 26.6 Å². The van der Waals surface area contributed by atoms with Crippen LogP contribution < -0.4 is 10.5 Å². The Morgan fingerprint density at radius 1 is 1.05 bits per heavy atom. The van der Waals surface area contributed by atoms with E-state index in [1.165, 1.54) is 0 Å². The van der Waals surface area contributed by atoms with Gasteiger partial charge >= 0.3 is 0 Å². The van der Waals surface area contributed by atoms with Gasteiger partial charge in [-0.2, -0.15) is 0 Å². The molecular formula is C13H12F2N2O2S. The molecule has 106 valence electrons. The molecule has 0 bridgehead atoms. The number of anilines is 1. The van der Waals surface area contributed by atoms with Gasteiger partial charge in [0.25, 0.3) is 0 Å². The number of nitrogens with one attached hydrogen (secondary N) is 1. The Hall–Kier alpha value is -1.99. The molecule has 0 aromatic heterocycles. The van der Waals surface area contributed by atoms with Gasteiger partial charge in [0.15, 0.2) is 0 Å². The number of hydrogen-bond acceptors (Lipinski definition) is 3. The lowest BCUT2D eigenvalue weighted by atomic mass is 10.2. The highest BCUT2D eigenvalue weighted by atomic mass is 32.2. The molecule has 20 heavy (non-hydrogen) atoms. The van der Waals surface area contributed by atoms with Crippen LogP contribution in [0.3, 0.4) is 0 Å². The molecule has 2 rings (SSSR count). The van der Waals surface area contributed by atoms with Gasteiger partial charge in [-0.3, -0.25) is 0 Å². The third kappa shape index (κ3) is 3.52. The van der Waals surface area contributed by atoms with Crippen molar-refractivity contribution in [3.05, 3.63) is 59.7 Å². The van der Waals surface area contributed by atoms with E-state index in [0.29, 0.717) is 17.3 Å². The standard InChI is InChI=1S/C13H12F2N2O2S/c14-10-5-11(15)7-13(6-10)20(18,19)17-8-9-2-1-3-12(16)4-9/h1-7,17H,8,16H2. The predicted molar refractivity (Wildman–Crippen MR) is 71.2 cm³/mol. The lowest BCUT2D eigenvalue weighted by Gasteiger charge is -2.07. The molecule has 0 aliphatic carbocycles. The van der Waals surface area contributed by atoms with Gasteiger partial charge in [-0.1, -0.05) is 12.1 Å². The molecule has 0 spiro atoms. The Morgan fingerprint density at radius 3 is 2.30 bits per heavy atom. The van der Waals surface area contributed by atoms with Crippen LogP contribution in [-0.2, 0) is 16.6 Å². The zero-order valence-corrected chi connectivity index (χ0v) is 11.1. The first-order chi connectivity index (χ1) is 9.37. The number of sulfonamides is 1. The third-order valence-electron chi connectivity index (χ3n) is 2.56. The average Bonchev–Trinajstić information content (AvgIpc) is 2.35. The summed E-state index contributed by atoms with van der Waals surface area (Å²) in [5, 5.41) is 0. The molecule has 0 saturated carbocycles. The van der Waals surface area contributed by atoms with Crippen LogP contribution in [0.4, 0.5) is 14.5 Å². The zero-order valence-electron chi connectivity index (χ0n) is 10.3. The van der Waals surface area contributed by atoms with E-state index in [4.69, 9.17) is 5.73 Å². The molecule has 0 amide bonds. The summed E-state index contributed by atoms with van der Waals surface area (Å²) in [6, 6.07) is 8.76. The fraction of sp³-hybridized carbons (Fsp3) is 0.0769. The maximum atomic E-state index is 13.0. The van der Waals surface area contributed by atoms with Crippen LogP contribution in [-0.4, -0.2) is 8.42 Å². The van der Waals surface area contributed by atoms with Gasteiger partial charge in [-0.15, -0.1) is 0 Å². The quantitative estimate of drug-likeness (QED) is 0.848. The molecule has 0 unspecified atom stereocenters. The minimum Gasteiger partial charge on any atom is -0.399 e. The van der Waals surface area contributed by atoms with Gasteiger partial charge in [0.2, 0.25) is 10.0 Å². The Morgan fingerprint density at radius 2 is 1.70 bits per heavy atom. The van der Waals surface area contributed by atoms with Crippen molar-refractivity contribution >= 4 is 15.7 Å². The molecule has 2 aromatic carbocycles. The molecule has 7 heteroatoms. The first-order valence-electron chi connectivity index (χ1n) is 5.67. The van der Waals surface area contributed by atoms with Crippen molar-refractivity contribution in [2.45, 2.75) is 11.4 Å². The second-order valence-electron chi connectivity index (χ2n) is 4.17. The fourth-order valence-electron chi connectivity index (χ4n) is 1.65. The highest BCUT2D eigenvalue weighted by Gasteiger charge is 2.16. The van der Waals surface area contributed by atoms with Crippen LogP contribution in [0.1, 0.15) is 5.56 Å². The number of nitrogen functional groups attached to an aromatic ring is 1. The van der Waals surface area contributed by atoms with E-state index in [-0.39, 0.29) is 6.54 Å². The first kappa shape index (κ1) is 14.4. The monoisotopic (exact) mass is 298 g/mol. The highest BCUT2D eigenvalue weighted by Crippen LogP contribution is 2.14. The Bertz CT molecular complexity index is 713. The lowest BCUT2D eigenvalue weighted by Crippen LogP contribution is -2.23. The van der Waals surface area contributed by atoms with Crippen molar-refractivity contribution in [3.63, 3.8) is 0 Å². The van der Waals surface area contributed by atoms with E-state index in [1.807, 2.05) is 0 Å². The summed E-state index contributed by atoms with van der Waals surface area (Å²) in [6.45, 7) is -0.0223. The minimum atomic E-state index is -3.99. The molecule has 0 fully saturated rings. The normalized spacial score (nSPS) is 11.5. The van der Waals surface area contributed by atoms with Gasteiger partial charge in [-0.05, 0) is 29.8 Å². The van der Waals surface area contributed by atoms with E-state index in [1.54, 1.807) is 24.3 Å². The van der Waals surface area contributed by atoms with Gasteiger partial charge in [0.1, 0.15) is 11.6 Å². The number of halogens is 2. The molecule has 2 aromatic rings. The first-order valence-corrected chi connectivity index (χ1v) is 7.15. The van der Waals surface area contributed by atoms with Crippen molar-refractivity contribution in [1.29, 1.82) is 0 Å². The molecule has 0 atom stereocenters. The Balaban J connectivity index is 2.19. The predicted octanol–water partition coefficient (Wildman–Crippen LogP) is 2.03. The number of nitrogens with two attached hydrogens (primary N) is 1. The van der Waals surface area contributed by atoms with E-state index in [9.17, 15) is 17.2 Å². The number of benzene rings is 2. The molecule has 0 aliphatic heterocycles. The second kappa shape index (κ2) is 5.56. The maximum absolute atomic E-state index is 13.0. The molecule has 0 saturated heterocycles. The molecule has 3 N–H and O–H groups in total. The van der Waals surface area contributed by atoms with Crippen LogP contribution in [0.15, 0.2) is 47.4 Å². The van der Waals surface area contributed by atoms with Crippen LogP contribution in [0.25, 0.3) is 0 Å². The van der Waals surface area contributed by atoms with Gasteiger partial charge in [0, 0.05) is 18.3 Å². The molecule has 4 nitrogen and oxygen atoms in total. The smallest absolute Gasteiger partial charge is 0.241 e. The summed E-state index contributed by atoms with van der Waals surface area (Å²) in [4.78, 5) is -0.459. The Labute approximate surface area is 115 Å². The fourth-order valence-corrected chi connectivity index (χ4v) is 2.71. The number of hydrogen-bond donors (Lipinski definition) is 2. The topological polar surface area (TPSA) is 72.2 Å². The molecule has 0 radical (unpaired) electrons. The van der Waals surface area contributed by atoms with Crippen LogP contribution in [0.5, 0.6) is 0 Å². The van der Waals surface area contributed by atoms with E-state index in [0.717, 1.165) is 12.1 Å². The minimum absolute atomic E-state index is 0.0223. The van der Waals surface area contributed by atoms with Crippen molar-refractivity contribution < 1.29 is 17.2 Å². The van der Waals surface area contributed by atoms with Gasteiger partial charge < -0.3 is 5.73 Å². The summed E-state index contributed by atoms with van der Waals surface area (Å²) in [7, 11) is -3.99. The maximum Gasteiger partial charge on any atom is 0.241 e. The Kier molecular flexibility index (Phi) is 4.01. The van der Waals surface area contributed by atoms with E-state index in [2.05, 4.69) is 4.72 Å². The molecule has 0 heterocycles. The van der Waals surface area contributed by atoms with Crippen LogP contribution >= 0.6 is 0 Å². The van der Waals surface area contributed by atoms with Crippen LogP contribution in [0.2, 0.25) is 0 Å². The SMILES string of the molecule is Nc1cccc(CNS(=O)(=O)c2cc(F)cc(F)c2)c1. The van der Waals surface area contributed by atoms with Gasteiger partial charge in [0.05, 0.1) is 4.90 Å². The van der Waals surface area contributed by atoms with Crippen molar-refractivity contribution in [3.8, 4) is 0 Å². The summed E-state index contributed by atoms with van der Waals surface area (Å²) in [5.74, 6) is -1.90. The summed E-state index contributed by atoms with van der Waals surface area (Å²) in [6.07, 6.45) is 0. The van der Waals surface area contributed by atoms with Crippen molar-refractivity contribution in [2.24, 2.45) is 0 Å². The summed E-state index contributed by atoms with van der Waals surface area (Å²) < 4.78 is 52.1. The molecule has 0 aliphatic rings. The zero-order chi connectivity index (χ0) is 14.8. The molecular weight excluding hydrogens is 286 g/mol. The summed E-state index contributed by atoms with van der Waals surface area (Å²) in [5.41, 5.74) is 6.71.